The lowest BCUT2D eigenvalue weighted by Crippen LogP contribution is -2.56. The number of benzene rings is 2. The molecule has 2 aliphatic rings. The molecule has 2 fully saturated rings. The lowest BCUT2D eigenvalue weighted by atomic mass is 9.59. The molecule has 6 nitrogen and oxygen atoms in total. The highest BCUT2D eigenvalue weighted by atomic mass is 16.5. The standard InChI is InChI=1S/C41H68N4O2/c1-37(2,3)45-29-34-27-35(45)28-44(34)33-19-15-31(16-20-33)39(7,8)30-41(11,40(9,10)42(12)13)32-17-21-36(22-18-32)46-25-23-43(14)24-26-47-38(4,5)6/h15-22,34-35H,23-30H2,1-14H3/t34-,35-,41?/m0/s1. The first-order valence-electron chi connectivity index (χ1n) is 18.0. The van der Waals surface area contributed by atoms with Crippen LogP contribution in [0, 0.1) is 0 Å². The zero-order chi connectivity index (χ0) is 35.0. The SMILES string of the molecule is CN(CCOc1ccc(C(C)(CC(C)(C)c2ccc(N3C[C@@H]4C[C@H]3CN4C(C)(C)C)cc2)C(C)(C)N(C)C)cc1)CCOC(C)(C)C. The van der Waals surface area contributed by atoms with E-state index in [4.69, 9.17) is 9.47 Å². The van der Waals surface area contributed by atoms with E-state index in [1.54, 1.807) is 0 Å². The third-order valence-electron chi connectivity index (χ3n) is 11.6. The number of hydrogen-bond acceptors (Lipinski definition) is 6. The van der Waals surface area contributed by atoms with Crippen LogP contribution in [-0.2, 0) is 15.6 Å². The van der Waals surface area contributed by atoms with Crippen LogP contribution in [0.1, 0.15) is 100 Å². The Morgan fingerprint density at radius 3 is 1.79 bits per heavy atom. The van der Waals surface area contributed by atoms with Crippen molar-refractivity contribution in [3.63, 3.8) is 0 Å². The summed E-state index contributed by atoms with van der Waals surface area (Å²) in [6, 6.07) is 19.8. The number of likely N-dealkylation sites (tertiary alicyclic amines) is 1. The average Bonchev–Trinajstić information content (AvgIpc) is 3.58. The van der Waals surface area contributed by atoms with E-state index in [1.807, 2.05) is 0 Å². The second-order valence-electron chi connectivity index (χ2n) is 18.0. The predicted molar refractivity (Wildman–Crippen MR) is 200 cm³/mol. The summed E-state index contributed by atoms with van der Waals surface area (Å²) < 4.78 is 12.1. The van der Waals surface area contributed by atoms with E-state index >= 15 is 0 Å². The Hall–Kier alpha value is -2.12. The molecule has 2 aromatic rings. The zero-order valence-electron chi connectivity index (χ0n) is 32.5. The van der Waals surface area contributed by atoms with Crippen LogP contribution in [0.3, 0.4) is 0 Å². The summed E-state index contributed by atoms with van der Waals surface area (Å²) in [6.07, 6.45) is 2.30. The summed E-state index contributed by atoms with van der Waals surface area (Å²) in [5.74, 6) is 0.925. The van der Waals surface area contributed by atoms with Crippen molar-refractivity contribution >= 4 is 5.69 Å². The maximum absolute atomic E-state index is 6.19. The largest absolute Gasteiger partial charge is 0.492 e. The molecule has 47 heavy (non-hydrogen) atoms. The van der Waals surface area contributed by atoms with E-state index in [2.05, 4.69) is 165 Å². The highest BCUT2D eigenvalue weighted by Gasteiger charge is 2.48. The lowest BCUT2D eigenvalue weighted by molar-refractivity contribution is -0.0114. The molecule has 1 unspecified atom stereocenters. The first-order valence-corrected chi connectivity index (χ1v) is 18.0. The molecule has 264 valence electrons. The maximum atomic E-state index is 6.19. The minimum Gasteiger partial charge on any atom is -0.492 e. The van der Waals surface area contributed by atoms with Crippen molar-refractivity contribution in [3.05, 3.63) is 59.7 Å². The van der Waals surface area contributed by atoms with Gasteiger partial charge in [0.15, 0.2) is 0 Å². The van der Waals surface area contributed by atoms with Crippen molar-refractivity contribution in [3.8, 4) is 5.75 Å². The van der Waals surface area contributed by atoms with Crippen LogP contribution in [0.4, 0.5) is 5.69 Å². The number of rotatable bonds is 14. The molecule has 3 atom stereocenters. The Balaban J connectivity index is 1.44. The van der Waals surface area contributed by atoms with E-state index in [0.29, 0.717) is 18.7 Å². The maximum Gasteiger partial charge on any atom is 0.119 e. The Bertz CT molecular complexity index is 1290. The van der Waals surface area contributed by atoms with Gasteiger partial charge in [0.25, 0.3) is 0 Å². The molecule has 0 amide bonds. The van der Waals surface area contributed by atoms with Crippen molar-refractivity contribution in [2.45, 2.75) is 129 Å². The van der Waals surface area contributed by atoms with Gasteiger partial charge in [-0.05, 0) is 130 Å². The van der Waals surface area contributed by atoms with Crippen molar-refractivity contribution in [2.75, 3.05) is 65.4 Å². The number of likely N-dealkylation sites (N-methyl/N-ethyl adjacent to an activating group) is 2. The summed E-state index contributed by atoms with van der Waals surface area (Å²) in [7, 11) is 6.55. The van der Waals surface area contributed by atoms with Crippen LogP contribution in [-0.4, -0.2) is 104 Å². The fraction of sp³-hybridized carbons (Fsp3) is 0.707. The summed E-state index contributed by atoms with van der Waals surface area (Å²) >= 11 is 0. The fourth-order valence-corrected chi connectivity index (χ4v) is 7.92. The lowest BCUT2D eigenvalue weighted by Gasteiger charge is -2.52. The van der Waals surface area contributed by atoms with Gasteiger partial charge in [0.2, 0.25) is 0 Å². The van der Waals surface area contributed by atoms with Crippen LogP contribution in [0.2, 0.25) is 0 Å². The van der Waals surface area contributed by atoms with Crippen molar-refractivity contribution in [1.82, 2.24) is 14.7 Å². The van der Waals surface area contributed by atoms with Gasteiger partial charge in [0, 0.05) is 60.4 Å². The fourth-order valence-electron chi connectivity index (χ4n) is 7.92. The first kappa shape index (κ1) is 37.7. The molecule has 0 N–H and O–H groups in total. The van der Waals surface area contributed by atoms with Crippen molar-refractivity contribution in [1.29, 1.82) is 0 Å². The minimum absolute atomic E-state index is 0.0237. The second-order valence-corrected chi connectivity index (χ2v) is 18.0. The number of fused-ring (bicyclic) bond motifs is 2. The van der Waals surface area contributed by atoms with E-state index in [9.17, 15) is 0 Å². The predicted octanol–water partition coefficient (Wildman–Crippen LogP) is 7.84. The van der Waals surface area contributed by atoms with Crippen LogP contribution < -0.4 is 9.64 Å². The number of hydrogen-bond donors (Lipinski definition) is 0. The summed E-state index contributed by atoms with van der Waals surface area (Å²) in [6.45, 7) is 30.9. The molecule has 0 spiro atoms. The molecule has 4 rings (SSSR count). The van der Waals surface area contributed by atoms with Gasteiger partial charge in [0.05, 0.1) is 12.2 Å². The summed E-state index contributed by atoms with van der Waals surface area (Å²) in [4.78, 5) is 10.0. The smallest absolute Gasteiger partial charge is 0.119 e. The summed E-state index contributed by atoms with van der Waals surface area (Å²) in [5.41, 5.74) is 4.05. The number of piperazine rings is 1. The molecule has 2 bridgehead atoms. The molecule has 0 radical (unpaired) electrons. The van der Waals surface area contributed by atoms with Gasteiger partial charge in [-0.3, -0.25) is 4.90 Å². The Kier molecular flexibility index (Phi) is 11.2. The molecule has 6 heteroatoms. The van der Waals surface area contributed by atoms with E-state index in [-0.39, 0.29) is 27.5 Å². The minimum atomic E-state index is -0.116. The third kappa shape index (κ3) is 8.73. The monoisotopic (exact) mass is 649 g/mol. The number of anilines is 1. The van der Waals surface area contributed by atoms with Gasteiger partial charge >= 0.3 is 0 Å². The quantitative estimate of drug-likeness (QED) is 0.208. The highest BCUT2D eigenvalue weighted by Crippen LogP contribution is 2.48. The van der Waals surface area contributed by atoms with Crippen LogP contribution in [0.5, 0.6) is 5.75 Å². The Labute approximate surface area is 288 Å². The number of nitrogens with zero attached hydrogens (tertiary/aromatic N) is 4. The average molecular weight is 649 g/mol. The van der Waals surface area contributed by atoms with Crippen LogP contribution in [0.15, 0.2) is 48.5 Å². The molecule has 2 heterocycles. The zero-order valence-corrected chi connectivity index (χ0v) is 32.5. The Morgan fingerprint density at radius 1 is 0.702 bits per heavy atom. The van der Waals surface area contributed by atoms with E-state index in [0.717, 1.165) is 38.4 Å². The van der Waals surface area contributed by atoms with E-state index < -0.39 is 0 Å². The molecule has 2 saturated heterocycles. The molecule has 0 saturated carbocycles. The molecule has 2 aromatic carbocycles. The second kappa shape index (κ2) is 14.0. The van der Waals surface area contributed by atoms with Gasteiger partial charge in [-0.1, -0.05) is 45.0 Å². The number of ether oxygens (including phenoxy) is 2. The van der Waals surface area contributed by atoms with Crippen LogP contribution in [0.25, 0.3) is 0 Å². The van der Waals surface area contributed by atoms with Gasteiger partial charge in [-0.2, -0.15) is 0 Å². The van der Waals surface area contributed by atoms with Gasteiger partial charge in [-0.15, -0.1) is 0 Å². The Morgan fingerprint density at radius 2 is 1.28 bits per heavy atom. The van der Waals surface area contributed by atoms with Crippen molar-refractivity contribution in [2.24, 2.45) is 0 Å². The highest BCUT2D eigenvalue weighted by molar-refractivity contribution is 5.52. The summed E-state index contributed by atoms with van der Waals surface area (Å²) in [5, 5.41) is 0. The van der Waals surface area contributed by atoms with Gasteiger partial charge in [-0.25, -0.2) is 0 Å². The molecular formula is C41H68N4O2. The van der Waals surface area contributed by atoms with Gasteiger partial charge < -0.3 is 24.2 Å². The molecule has 0 aromatic heterocycles. The van der Waals surface area contributed by atoms with Gasteiger partial charge in [0.1, 0.15) is 12.4 Å². The van der Waals surface area contributed by atoms with Crippen LogP contribution >= 0.6 is 0 Å². The van der Waals surface area contributed by atoms with Crippen molar-refractivity contribution < 1.29 is 9.47 Å². The molecule has 0 aliphatic carbocycles. The third-order valence-corrected chi connectivity index (χ3v) is 11.6. The topological polar surface area (TPSA) is 31.4 Å². The van der Waals surface area contributed by atoms with E-state index in [1.165, 1.54) is 29.8 Å². The first-order chi connectivity index (χ1) is 21.6. The molecule has 2 aliphatic heterocycles. The molecular weight excluding hydrogens is 580 g/mol. The normalized spacial score (nSPS) is 20.8.